The molecule has 0 radical (unpaired) electrons. The number of allylic oxidation sites excluding steroid dienone is 1. The van der Waals surface area contributed by atoms with E-state index in [-0.39, 0.29) is 5.82 Å². The maximum Gasteiger partial charge on any atom is 0.162 e. The lowest BCUT2D eigenvalue weighted by Gasteiger charge is -2.35. The van der Waals surface area contributed by atoms with E-state index in [1.807, 2.05) is 70.4 Å². The van der Waals surface area contributed by atoms with Gasteiger partial charge in [0.05, 0.1) is 28.5 Å². The van der Waals surface area contributed by atoms with E-state index in [0.29, 0.717) is 22.8 Å². The Kier molecular flexibility index (Phi) is 4.50. The average Bonchev–Trinajstić information content (AvgIpc) is 3.09. The number of nitrogens with zero attached hydrogens (tertiary/aromatic N) is 4. The number of aromatic nitrogens is 3. The zero-order chi connectivity index (χ0) is 21.8. The molecule has 0 aliphatic carbocycles. The van der Waals surface area contributed by atoms with E-state index in [4.69, 9.17) is 0 Å². The Labute approximate surface area is 175 Å². The average molecular weight is 401 g/mol. The van der Waals surface area contributed by atoms with Gasteiger partial charge in [-0.1, -0.05) is 12.2 Å². The van der Waals surface area contributed by atoms with Gasteiger partial charge >= 0.3 is 0 Å². The maximum atomic E-state index is 15.5. The summed E-state index contributed by atoms with van der Waals surface area (Å²) < 4.78 is 17.4. The van der Waals surface area contributed by atoms with Crippen molar-refractivity contribution < 1.29 is 4.39 Å². The molecule has 0 saturated heterocycles. The smallest absolute Gasteiger partial charge is 0.162 e. The lowest BCUT2D eigenvalue weighted by molar-refractivity contribution is 0.521. The molecule has 2 aromatic carbocycles. The monoisotopic (exact) mass is 401 g/mol. The van der Waals surface area contributed by atoms with Crippen molar-refractivity contribution in [2.75, 3.05) is 5.32 Å². The van der Waals surface area contributed by atoms with Gasteiger partial charge < -0.3 is 5.32 Å². The molecule has 1 aromatic heterocycles. The first-order chi connectivity index (χ1) is 14.2. The van der Waals surface area contributed by atoms with E-state index in [0.717, 1.165) is 33.6 Å². The van der Waals surface area contributed by atoms with E-state index in [9.17, 15) is 5.26 Å². The highest BCUT2D eigenvalue weighted by molar-refractivity contribution is 5.85. The minimum atomic E-state index is -0.559. The van der Waals surface area contributed by atoms with Gasteiger partial charge in [-0.3, -0.25) is 4.57 Å². The summed E-state index contributed by atoms with van der Waals surface area (Å²) in [7, 11) is 0. The molecule has 0 spiro atoms. The lowest BCUT2D eigenvalue weighted by atomic mass is 9.88. The maximum absolute atomic E-state index is 15.5. The molecule has 3 aromatic rings. The number of aryl methyl sites for hydroxylation is 2. The number of hydrogen-bond donors (Lipinski definition) is 1. The van der Waals surface area contributed by atoms with Crippen molar-refractivity contribution in [3.63, 3.8) is 0 Å². The number of benzene rings is 2. The van der Waals surface area contributed by atoms with E-state index in [1.54, 1.807) is 6.07 Å². The van der Waals surface area contributed by atoms with Crippen LogP contribution in [0.1, 0.15) is 54.7 Å². The molecule has 6 heteroatoms. The molecule has 1 aliphatic heterocycles. The van der Waals surface area contributed by atoms with Crippen LogP contribution in [0.5, 0.6) is 0 Å². The van der Waals surface area contributed by atoms with Crippen LogP contribution < -0.4 is 5.32 Å². The molecule has 0 saturated carbocycles. The van der Waals surface area contributed by atoms with Crippen LogP contribution in [0.15, 0.2) is 24.3 Å². The predicted octanol–water partition coefficient (Wildman–Crippen LogP) is 5.56. The molecule has 5 nitrogen and oxygen atoms in total. The first-order valence-electron chi connectivity index (χ1n) is 9.91. The van der Waals surface area contributed by atoms with Crippen molar-refractivity contribution in [1.29, 1.82) is 5.26 Å². The fourth-order valence-corrected chi connectivity index (χ4v) is 4.29. The third-order valence-electron chi connectivity index (χ3n) is 5.69. The van der Waals surface area contributed by atoms with Crippen molar-refractivity contribution in [1.82, 2.24) is 14.8 Å². The van der Waals surface area contributed by atoms with Crippen molar-refractivity contribution in [2.45, 2.75) is 47.1 Å². The van der Waals surface area contributed by atoms with Crippen LogP contribution in [0.3, 0.4) is 0 Å². The third-order valence-corrected chi connectivity index (χ3v) is 5.69. The molecule has 2 heterocycles. The molecular formula is C24H24FN5. The third kappa shape index (κ3) is 2.81. The molecule has 0 bridgehead atoms. The van der Waals surface area contributed by atoms with Gasteiger partial charge in [-0.25, -0.2) is 4.39 Å². The first-order valence-corrected chi connectivity index (χ1v) is 9.91. The Morgan fingerprint density at radius 1 is 1.13 bits per heavy atom. The molecule has 0 unspecified atom stereocenters. The summed E-state index contributed by atoms with van der Waals surface area (Å²) in [6, 6.07) is 7.47. The fraction of sp³-hybridized carbons (Fsp3) is 0.292. The normalized spacial score (nSPS) is 14.2. The highest BCUT2D eigenvalue weighted by Crippen LogP contribution is 2.44. The summed E-state index contributed by atoms with van der Waals surface area (Å²) in [6.45, 7) is 11.7. The van der Waals surface area contributed by atoms with Crippen LogP contribution in [0, 0.1) is 37.9 Å². The van der Waals surface area contributed by atoms with Gasteiger partial charge in [0.1, 0.15) is 11.6 Å². The number of nitrogens with one attached hydrogen (secondary N) is 1. The highest BCUT2D eigenvalue weighted by Gasteiger charge is 2.37. The Balaban J connectivity index is 2.10. The van der Waals surface area contributed by atoms with Gasteiger partial charge in [-0.15, -0.1) is 10.2 Å². The molecule has 152 valence electrons. The summed E-state index contributed by atoms with van der Waals surface area (Å²) in [5.74, 6) is 1.10. The van der Waals surface area contributed by atoms with E-state index >= 15 is 4.39 Å². The van der Waals surface area contributed by atoms with Crippen molar-refractivity contribution in [3.05, 3.63) is 64.0 Å². The Morgan fingerprint density at radius 3 is 2.53 bits per heavy atom. The molecule has 30 heavy (non-hydrogen) atoms. The molecule has 0 atom stereocenters. The summed E-state index contributed by atoms with van der Waals surface area (Å²) in [4.78, 5) is 0. The van der Waals surface area contributed by atoms with Gasteiger partial charge in [-0.05, 0) is 87.6 Å². The van der Waals surface area contributed by atoms with Crippen LogP contribution in [-0.2, 0) is 5.54 Å². The number of halogens is 1. The van der Waals surface area contributed by atoms with E-state index in [1.165, 1.54) is 0 Å². The second kappa shape index (κ2) is 6.81. The second-order valence-electron chi connectivity index (χ2n) is 8.28. The topological polar surface area (TPSA) is 66.5 Å². The molecule has 1 aliphatic rings. The lowest BCUT2D eigenvalue weighted by Crippen LogP contribution is -2.37. The van der Waals surface area contributed by atoms with Gasteiger partial charge in [-0.2, -0.15) is 5.26 Å². The van der Waals surface area contributed by atoms with Crippen molar-refractivity contribution in [3.8, 4) is 22.9 Å². The zero-order valence-corrected chi connectivity index (χ0v) is 18.1. The minimum absolute atomic E-state index is 0.344. The Bertz CT molecular complexity index is 1260. The zero-order valence-electron chi connectivity index (χ0n) is 18.1. The Hall–Kier alpha value is -3.46. The summed E-state index contributed by atoms with van der Waals surface area (Å²) in [5, 5.41) is 21.4. The quantitative estimate of drug-likeness (QED) is 0.610. The summed E-state index contributed by atoms with van der Waals surface area (Å²) >= 11 is 0. The van der Waals surface area contributed by atoms with E-state index < -0.39 is 5.54 Å². The van der Waals surface area contributed by atoms with Gasteiger partial charge in [0, 0.05) is 0 Å². The molecule has 1 N–H and O–H groups in total. The van der Waals surface area contributed by atoms with Crippen LogP contribution in [0.2, 0.25) is 0 Å². The van der Waals surface area contributed by atoms with Gasteiger partial charge in [0.15, 0.2) is 5.82 Å². The van der Waals surface area contributed by atoms with Crippen molar-refractivity contribution >= 4 is 11.8 Å². The number of anilines is 1. The summed E-state index contributed by atoms with van der Waals surface area (Å²) in [5.41, 5.74) is 5.58. The number of nitriles is 1. The van der Waals surface area contributed by atoms with Gasteiger partial charge in [0.25, 0.3) is 0 Å². The van der Waals surface area contributed by atoms with Crippen LogP contribution >= 0.6 is 0 Å². The minimum Gasteiger partial charge on any atom is -0.369 e. The highest BCUT2D eigenvalue weighted by atomic mass is 19.1. The molecule has 4 rings (SSSR count). The van der Waals surface area contributed by atoms with Crippen LogP contribution in [-0.4, -0.2) is 14.8 Å². The van der Waals surface area contributed by atoms with E-state index in [2.05, 4.69) is 21.6 Å². The van der Waals surface area contributed by atoms with Crippen molar-refractivity contribution in [2.24, 2.45) is 0 Å². The molecule has 0 fully saturated rings. The first kappa shape index (κ1) is 19.8. The second-order valence-corrected chi connectivity index (χ2v) is 8.28. The fourth-order valence-electron chi connectivity index (χ4n) is 4.29. The van der Waals surface area contributed by atoms with Gasteiger partial charge in [0.2, 0.25) is 0 Å². The summed E-state index contributed by atoms with van der Waals surface area (Å²) in [6.07, 6.45) is 3.95. The Morgan fingerprint density at radius 2 is 1.87 bits per heavy atom. The number of fused-ring (bicyclic) bond motifs is 3. The SMILES string of the molecule is C/C=C\c1c(C)cc(C#N)cc1-c1cc(F)c2c(c1C)-n1c(C)nnc1C(C)(C)N2. The van der Waals surface area contributed by atoms with Crippen LogP contribution in [0.25, 0.3) is 22.9 Å². The standard InChI is InChI=1S/C24H24FN5/c1-7-8-17-13(2)9-16(12-26)10-19(17)18-11-20(25)21-22(14(18)3)30-15(4)28-29-23(30)24(5,6)27-21/h7-11,27H,1-6H3/b8-7-. The number of hydrogen-bond acceptors (Lipinski definition) is 4. The largest absolute Gasteiger partial charge is 0.369 e. The predicted molar refractivity (Wildman–Crippen MR) is 117 cm³/mol. The molecular weight excluding hydrogens is 377 g/mol. The van der Waals surface area contributed by atoms with Crippen LogP contribution in [0.4, 0.5) is 10.1 Å². The number of rotatable bonds is 2. The molecule has 0 amide bonds.